The first kappa shape index (κ1) is 14.3. The maximum atomic E-state index is 12.9. The molecule has 1 N–H and O–H groups in total. The Morgan fingerprint density at radius 3 is 2.18 bits per heavy atom. The summed E-state index contributed by atoms with van der Waals surface area (Å²) in [6, 6.07) is 13.9. The summed E-state index contributed by atoms with van der Waals surface area (Å²) in [4.78, 5) is 25.6. The molecule has 0 aromatic heterocycles. The van der Waals surface area contributed by atoms with Crippen molar-refractivity contribution >= 4 is 34.8 Å². The van der Waals surface area contributed by atoms with Gasteiger partial charge in [0.1, 0.15) is 16.5 Å². The summed E-state index contributed by atoms with van der Waals surface area (Å²) in [5.41, 5.74) is 0.874. The van der Waals surface area contributed by atoms with Gasteiger partial charge in [0.25, 0.3) is 11.8 Å². The number of benzene rings is 2. The molecule has 0 atom stereocenters. The summed E-state index contributed by atoms with van der Waals surface area (Å²) >= 11 is 5.98. The zero-order valence-electron chi connectivity index (χ0n) is 11.2. The third kappa shape index (κ3) is 2.46. The van der Waals surface area contributed by atoms with E-state index in [1.165, 1.54) is 24.3 Å². The second-order valence-electron chi connectivity index (χ2n) is 4.60. The highest BCUT2D eigenvalue weighted by Crippen LogP contribution is 2.29. The molecular formula is C16H10ClFN2O2. The third-order valence-corrected chi connectivity index (χ3v) is 3.51. The van der Waals surface area contributed by atoms with E-state index in [1.54, 1.807) is 30.3 Å². The van der Waals surface area contributed by atoms with E-state index in [0.717, 1.165) is 4.90 Å². The van der Waals surface area contributed by atoms with Crippen LogP contribution in [0.25, 0.3) is 0 Å². The molecule has 2 amide bonds. The first-order chi connectivity index (χ1) is 10.6. The van der Waals surface area contributed by atoms with Crippen molar-refractivity contribution in [1.29, 1.82) is 0 Å². The molecule has 0 unspecified atom stereocenters. The Balaban J connectivity index is 1.90. The van der Waals surface area contributed by atoms with Gasteiger partial charge >= 0.3 is 0 Å². The molecule has 110 valence electrons. The average molecular weight is 317 g/mol. The van der Waals surface area contributed by atoms with Gasteiger partial charge in [0.15, 0.2) is 0 Å². The highest BCUT2D eigenvalue weighted by molar-refractivity contribution is 6.53. The minimum atomic E-state index is -0.595. The van der Waals surface area contributed by atoms with E-state index in [9.17, 15) is 14.0 Å². The number of imide groups is 1. The molecule has 0 saturated heterocycles. The van der Waals surface area contributed by atoms with Crippen LogP contribution < -0.4 is 10.2 Å². The lowest BCUT2D eigenvalue weighted by molar-refractivity contribution is -0.120. The van der Waals surface area contributed by atoms with E-state index < -0.39 is 17.6 Å². The first-order valence-electron chi connectivity index (χ1n) is 6.44. The van der Waals surface area contributed by atoms with Crippen LogP contribution in [-0.4, -0.2) is 11.8 Å². The van der Waals surface area contributed by atoms with Crippen molar-refractivity contribution in [3.05, 3.63) is 71.1 Å². The van der Waals surface area contributed by atoms with Crippen LogP contribution in [0.3, 0.4) is 0 Å². The highest BCUT2D eigenvalue weighted by atomic mass is 35.5. The summed E-state index contributed by atoms with van der Waals surface area (Å²) in [7, 11) is 0. The number of nitrogens with zero attached hydrogens (tertiary/aromatic N) is 1. The fraction of sp³-hybridized carbons (Fsp3) is 0. The SMILES string of the molecule is O=C1C(Cl)=C(Nc2ccc(F)cc2)C(=O)N1c1ccccc1. The second kappa shape index (κ2) is 5.61. The van der Waals surface area contributed by atoms with Gasteiger partial charge in [-0.3, -0.25) is 9.59 Å². The molecule has 2 aromatic rings. The van der Waals surface area contributed by atoms with Crippen LogP contribution in [-0.2, 0) is 9.59 Å². The average Bonchev–Trinajstić information content (AvgIpc) is 2.74. The van der Waals surface area contributed by atoms with E-state index in [1.807, 2.05) is 0 Å². The van der Waals surface area contributed by atoms with Crippen molar-refractivity contribution in [1.82, 2.24) is 0 Å². The molecule has 2 aromatic carbocycles. The zero-order valence-corrected chi connectivity index (χ0v) is 12.0. The van der Waals surface area contributed by atoms with E-state index in [0.29, 0.717) is 11.4 Å². The van der Waals surface area contributed by atoms with Crippen LogP contribution in [0.4, 0.5) is 15.8 Å². The number of halogens is 2. The van der Waals surface area contributed by atoms with Crippen molar-refractivity contribution in [2.45, 2.75) is 0 Å². The Kier molecular flexibility index (Phi) is 3.65. The number of amides is 2. The number of para-hydroxylation sites is 1. The lowest BCUT2D eigenvalue weighted by atomic mass is 10.3. The predicted octanol–water partition coefficient (Wildman–Crippen LogP) is 3.26. The highest BCUT2D eigenvalue weighted by Gasteiger charge is 2.38. The molecule has 0 bridgehead atoms. The standard InChI is InChI=1S/C16H10ClFN2O2/c17-13-14(19-11-8-6-10(18)7-9-11)16(22)20(15(13)21)12-4-2-1-3-5-12/h1-9,19H. The van der Waals surface area contributed by atoms with Gasteiger partial charge in [0.05, 0.1) is 5.69 Å². The molecule has 0 saturated carbocycles. The fourth-order valence-electron chi connectivity index (χ4n) is 2.10. The molecule has 4 nitrogen and oxygen atoms in total. The van der Waals surface area contributed by atoms with Crippen LogP contribution in [0.2, 0.25) is 0 Å². The Morgan fingerprint density at radius 1 is 0.909 bits per heavy atom. The van der Waals surface area contributed by atoms with E-state index in [2.05, 4.69) is 5.32 Å². The van der Waals surface area contributed by atoms with Crippen molar-refractivity contribution in [3.8, 4) is 0 Å². The van der Waals surface area contributed by atoms with Gasteiger partial charge in [-0.25, -0.2) is 9.29 Å². The van der Waals surface area contributed by atoms with E-state index >= 15 is 0 Å². The molecule has 0 spiro atoms. The fourth-order valence-corrected chi connectivity index (χ4v) is 2.31. The minimum Gasteiger partial charge on any atom is -0.350 e. The van der Waals surface area contributed by atoms with Gasteiger partial charge in [-0.2, -0.15) is 0 Å². The van der Waals surface area contributed by atoms with Crippen LogP contribution in [0, 0.1) is 5.82 Å². The molecule has 0 aliphatic carbocycles. The van der Waals surface area contributed by atoms with E-state index in [4.69, 9.17) is 11.6 Å². The Bertz CT molecular complexity index is 772. The molecule has 22 heavy (non-hydrogen) atoms. The number of rotatable bonds is 3. The first-order valence-corrected chi connectivity index (χ1v) is 6.82. The Hall–Kier alpha value is -2.66. The predicted molar refractivity (Wildman–Crippen MR) is 81.8 cm³/mol. The van der Waals surface area contributed by atoms with Crippen LogP contribution in [0.5, 0.6) is 0 Å². The summed E-state index contributed by atoms with van der Waals surface area (Å²) in [5.74, 6) is -1.54. The van der Waals surface area contributed by atoms with Crippen LogP contribution in [0.15, 0.2) is 65.3 Å². The number of hydrogen-bond acceptors (Lipinski definition) is 3. The third-order valence-electron chi connectivity index (χ3n) is 3.16. The number of carbonyl (C=O) groups is 2. The van der Waals surface area contributed by atoms with Crippen molar-refractivity contribution in [2.24, 2.45) is 0 Å². The smallest absolute Gasteiger partial charge is 0.283 e. The van der Waals surface area contributed by atoms with Gasteiger partial charge in [-0.05, 0) is 36.4 Å². The van der Waals surface area contributed by atoms with Crippen LogP contribution in [0.1, 0.15) is 0 Å². The molecule has 1 aliphatic rings. The lowest BCUT2D eigenvalue weighted by Gasteiger charge is -2.14. The van der Waals surface area contributed by atoms with Gasteiger partial charge in [-0.1, -0.05) is 29.8 Å². The van der Waals surface area contributed by atoms with Crippen molar-refractivity contribution in [2.75, 3.05) is 10.2 Å². The zero-order chi connectivity index (χ0) is 15.7. The maximum absolute atomic E-state index is 12.9. The quantitative estimate of drug-likeness (QED) is 0.884. The monoisotopic (exact) mass is 316 g/mol. The number of nitrogens with one attached hydrogen (secondary N) is 1. The summed E-state index contributed by atoms with van der Waals surface area (Å²) in [5, 5.41) is 2.57. The molecule has 0 radical (unpaired) electrons. The Morgan fingerprint density at radius 2 is 1.55 bits per heavy atom. The number of hydrogen-bond donors (Lipinski definition) is 1. The molecule has 0 fully saturated rings. The Labute approximate surface area is 130 Å². The van der Waals surface area contributed by atoms with Gasteiger partial charge < -0.3 is 5.32 Å². The van der Waals surface area contributed by atoms with Crippen molar-refractivity contribution in [3.63, 3.8) is 0 Å². The normalized spacial score (nSPS) is 14.7. The summed E-state index contributed by atoms with van der Waals surface area (Å²) in [6.07, 6.45) is 0. The van der Waals surface area contributed by atoms with Crippen molar-refractivity contribution < 1.29 is 14.0 Å². The van der Waals surface area contributed by atoms with Gasteiger partial charge in [-0.15, -0.1) is 0 Å². The lowest BCUT2D eigenvalue weighted by Crippen LogP contribution is -2.32. The summed E-state index contributed by atoms with van der Waals surface area (Å²) < 4.78 is 12.9. The maximum Gasteiger partial charge on any atom is 0.283 e. The number of carbonyl (C=O) groups excluding carboxylic acids is 2. The molecule has 6 heteroatoms. The van der Waals surface area contributed by atoms with Crippen LogP contribution >= 0.6 is 11.6 Å². The molecule has 3 rings (SSSR count). The molecular weight excluding hydrogens is 307 g/mol. The van der Waals surface area contributed by atoms with Gasteiger partial charge in [0.2, 0.25) is 0 Å². The topological polar surface area (TPSA) is 49.4 Å². The van der Waals surface area contributed by atoms with Gasteiger partial charge in [0, 0.05) is 5.69 Å². The second-order valence-corrected chi connectivity index (χ2v) is 4.98. The largest absolute Gasteiger partial charge is 0.350 e. The summed E-state index contributed by atoms with van der Waals surface area (Å²) in [6.45, 7) is 0. The minimum absolute atomic E-state index is 0.0258. The molecule has 1 heterocycles. The molecule has 1 aliphatic heterocycles. The number of anilines is 2. The van der Waals surface area contributed by atoms with E-state index in [-0.39, 0.29) is 10.7 Å².